The van der Waals surface area contributed by atoms with E-state index in [-0.39, 0.29) is 6.04 Å². The van der Waals surface area contributed by atoms with E-state index in [9.17, 15) is 0 Å². The van der Waals surface area contributed by atoms with E-state index in [2.05, 4.69) is 16.9 Å². The molecule has 0 saturated carbocycles. The Morgan fingerprint density at radius 1 is 1.11 bits per heavy atom. The normalized spacial score (nSPS) is 12.9. The number of aromatic nitrogens is 2. The lowest BCUT2D eigenvalue weighted by molar-refractivity contribution is 0.585. The number of hydrogen-bond acceptors (Lipinski definition) is 2. The van der Waals surface area contributed by atoms with E-state index in [1.54, 1.807) is 0 Å². The molecular formula is C15H29N3. The molecule has 1 aromatic heterocycles. The molecule has 0 aromatic carbocycles. The van der Waals surface area contributed by atoms with Crippen molar-refractivity contribution < 1.29 is 0 Å². The van der Waals surface area contributed by atoms with Crippen LogP contribution >= 0.6 is 0 Å². The van der Waals surface area contributed by atoms with E-state index in [0.29, 0.717) is 0 Å². The summed E-state index contributed by atoms with van der Waals surface area (Å²) in [7, 11) is 0. The van der Waals surface area contributed by atoms with Crippen LogP contribution in [0.4, 0.5) is 0 Å². The zero-order chi connectivity index (χ0) is 13.4. The molecule has 18 heavy (non-hydrogen) atoms. The highest BCUT2D eigenvalue weighted by atomic mass is 15.0. The number of nitrogens with zero attached hydrogens (tertiary/aromatic N) is 1. The summed E-state index contributed by atoms with van der Waals surface area (Å²) in [6.07, 6.45) is 10.5. The molecule has 104 valence electrons. The van der Waals surface area contributed by atoms with Crippen LogP contribution in [-0.2, 0) is 6.42 Å². The minimum absolute atomic E-state index is 0.0558. The average Bonchev–Trinajstić information content (AvgIpc) is 2.69. The lowest BCUT2D eigenvalue weighted by Gasteiger charge is -2.02. The molecule has 0 radical (unpaired) electrons. The van der Waals surface area contributed by atoms with E-state index >= 15 is 0 Å². The Kier molecular flexibility index (Phi) is 7.02. The number of aryl methyl sites for hydroxylation is 2. The van der Waals surface area contributed by atoms with Crippen LogP contribution in [0.15, 0.2) is 0 Å². The monoisotopic (exact) mass is 251 g/mol. The molecule has 0 aliphatic carbocycles. The van der Waals surface area contributed by atoms with Crippen molar-refractivity contribution in [3.63, 3.8) is 0 Å². The van der Waals surface area contributed by atoms with E-state index in [1.807, 2.05) is 13.8 Å². The smallest absolute Gasteiger partial charge is 0.106 e. The number of hydrogen-bond donors (Lipinski definition) is 2. The molecule has 3 heteroatoms. The van der Waals surface area contributed by atoms with Gasteiger partial charge in [0, 0.05) is 12.5 Å². The van der Waals surface area contributed by atoms with Crippen LogP contribution in [0.1, 0.15) is 82.0 Å². The first-order valence-corrected chi connectivity index (χ1v) is 7.46. The van der Waals surface area contributed by atoms with Crippen LogP contribution in [0, 0.1) is 6.92 Å². The molecule has 0 aliphatic heterocycles. The molecule has 1 unspecified atom stereocenters. The van der Waals surface area contributed by atoms with Gasteiger partial charge in [-0.25, -0.2) is 4.98 Å². The summed E-state index contributed by atoms with van der Waals surface area (Å²) < 4.78 is 0. The third kappa shape index (κ3) is 5.21. The number of unbranched alkanes of at least 4 members (excludes halogenated alkanes) is 6. The Bertz CT molecular complexity index is 328. The second-order valence-electron chi connectivity index (χ2n) is 5.34. The first-order chi connectivity index (χ1) is 8.65. The van der Waals surface area contributed by atoms with Gasteiger partial charge in [-0.2, -0.15) is 0 Å². The van der Waals surface area contributed by atoms with E-state index in [4.69, 9.17) is 5.73 Å². The van der Waals surface area contributed by atoms with Gasteiger partial charge in [-0.3, -0.25) is 0 Å². The van der Waals surface area contributed by atoms with Crippen LogP contribution in [0.2, 0.25) is 0 Å². The van der Waals surface area contributed by atoms with Gasteiger partial charge in [0.2, 0.25) is 0 Å². The van der Waals surface area contributed by atoms with Crippen molar-refractivity contribution in [3.8, 4) is 0 Å². The number of rotatable bonds is 9. The van der Waals surface area contributed by atoms with Crippen LogP contribution in [0.25, 0.3) is 0 Å². The van der Waals surface area contributed by atoms with Gasteiger partial charge in [-0.15, -0.1) is 0 Å². The highest BCUT2D eigenvalue weighted by Crippen LogP contribution is 2.14. The summed E-state index contributed by atoms with van der Waals surface area (Å²) in [6.45, 7) is 6.29. The second kappa shape index (κ2) is 8.30. The molecule has 1 rings (SSSR count). The lowest BCUT2D eigenvalue weighted by atomic mass is 10.1. The van der Waals surface area contributed by atoms with Crippen molar-refractivity contribution in [3.05, 3.63) is 17.2 Å². The number of H-pyrrole nitrogens is 1. The average molecular weight is 251 g/mol. The van der Waals surface area contributed by atoms with Crippen molar-refractivity contribution in [2.45, 2.75) is 78.2 Å². The SMILES string of the molecule is CCCCCCCCCc1nc(C)c(C(C)N)[nH]1. The Morgan fingerprint density at radius 3 is 2.28 bits per heavy atom. The molecule has 0 aliphatic rings. The lowest BCUT2D eigenvalue weighted by Crippen LogP contribution is -2.06. The molecular weight excluding hydrogens is 222 g/mol. The summed E-state index contributed by atoms with van der Waals surface area (Å²) in [6, 6.07) is 0.0558. The minimum atomic E-state index is 0.0558. The highest BCUT2D eigenvalue weighted by molar-refractivity contribution is 5.16. The van der Waals surface area contributed by atoms with Crippen molar-refractivity contribution in [2.75, 3.05) is 0 Å². The molecule has 3 nitrogen and oxygen atoms in total. The fourth-order valence-electron chi connectivity index (χ4n) is 2.35. The van der Waals surface area contributed by atoms with Gasteiger partial charge >= 0.3 is 0 Å². The maximum absolute atomic E-state index is 5.88. The molecule has 0 saturated heterocycles. The summed E-state index contributed by atoms with van der Waals surface area (Å²) in [4.78, 5) is 7.90. The standard InChI is InChI=1S/C15H29N3/c1-4-5-6-7-8-9-10-11-14-17-13(3)15(18-14)12(2)16/h12H,4-11,16H2,1-3H3,(H,17,18). The fourth-order valence-corrected chi connectivity index (χ4v) is 2.35. The number of imidazole rings is 1. The largest absolute Gasteiger partial charge is 0.344 e. The van der Waals surface area contributed by atoms with Crippen molar-refractivity contribution in [1.29, 1.82) is 0 Å². The Balaban J connectivity index is 2.17. The molecule has 1 aromatic rings. The third-order valence-electron chi connectivity index (χ3n) is 3.44. The van der Waals surface area contributed by atoms with Crippen LogP contribution in [0.3, 0.4) is 0 Å². The van der Waals surface area contributed by atoms with Gasteiger partial charge in [-0.1, -0.05) is 45.4 Å². The summed E-state index contributed by atoms with van der Waals surface area (Å²) in [5.41, 5.74) is 8.03. The Morgan fingerprint density at radius 2 is 1.72 bits per heavy atom. The number of aromatic amines is 1. The maximum Gasteiger partial charge on any atom is 0.106 e. The first kappa shape index (κ1) is 15.2. The Hall–Kier alpha value is -0.830. The van der Waals surface area contributed by atoms with Crippen LogP contribution in [-0.4, -0.2) is 9.97 Å². The third-order valence-corrected chi connectivity index (χ3v) is 3.44. The van der Waals surface area contributed by atoms with Crippen molar-refractivity contribution >= 4 is 0 Å². The zero-order valence-corrected chi connectivity index (χ0v) is 12.3. The second-order valence-corrected chi connectivity index (χ2v) is 5.34. The molecule has 0 bridgehead atoms. The predicted octanol–water partition coefficient (Wildman–Crippen LogP) is 4.03. The highest BCUT2D eigenvalue weighted by Gasteiger charge is 2.09. The van der Waals surface area contributed by atoms with Crippen LogP contribution < -0.4 is 5.73 Å². The topological polar surface area (TPSA) is 54.7 Å². The zero-order valence-electron chi connectivity index (χ0n) is 12.3. The van der Waals surface area contributed by atoms with Crippen molar-refractivity contribution in [1.82, 2.24) is 9.97 Å². The molecule has 0 amide bonds. The molecule has 1 heterocycles. The van der Waals surface area contributed by atoms with E-state index in [0.717, 1.165) is 23.6 Å². The predicted molar refractivity (Wildman–Crippen MR) is 77.6 cm³/mol. The molecule has 1 atom stereocenters. The molecule has 3 N–H and O–H groups in total. The first-order valence-electron chi connectivity index (χ1n) is 7.46. The Labute approximate surface area is 112 Å². The van der Waals surface area contributed by atoms with Gasteiger partial charge < -0.3 is 10.7 Å². The van der Waals surface area contributed by atoms with E-state index < -0.39 is 0 Å². The number of nitrogens with two attached hydrogens (primary N) is 1. The van der Waals surface area contributed by atoms with Gasteiger partial charge in [0.1, 0.15) is 5.82 Å². The summed E-state index contributed by atoms with van der Waals surface area (Å²) in [5, 5.41) is 0. The number of nitrogens with one attached hydrogen (secondary N) is 1. The minimum Gasteiger partial charge on any atom is -0.344 e. The summed E-state index contributed by atoms with van der Waals surface area (Å²) in [5.74, 6) is 1.10. The molecule has 0 spiro atoms. The van der Waals surface area contributed by atoms with Gasteiger partial charge in [-0.05, 0) is 20.3 Å². The maximum atomic E-state index is 5.88. The fraction of sp³-hybridized carbons (Fsp3) is 0.800. The van der Waals surface area contributed by atoms with Gasteiger partial charge in [0.25, 0.3) is 0 Å². The van der Waals surface area contributed by atoms with E-state index in [1.165, 1.54) is 44.9 Å². The molecule has 0 fully saturated rings. The van der Waals surface area contributed by atoms with Crippen molar-refractivity contribution in [2.24, 2.45) is 5.73 Å². The van der Waals surface area contributed by atoms with Gasteiger partial charge in [0.05, 0.1) is 11.4 Å². The quantitative estimate of drug-likeness (QED) is 0.651. The van der Waals surface area contributed by atoms with Gasteiger partial charge in [0.15, 0.2) is 0 Å². The summed E-state index contributed by atoms with van der Waals surface area (Å²) >= 11 is 0. The van der Waals surface area contributed by atoms with Crippen LogP contribution in [0.5, 0.6) is 0 Å².